The Hall–Kier alpha value is -1.94. The van der Waals surface area contributed by atoms with Crippen LogP contribution in [-0.4, -0.2) is 40.9 Å². The van der Waals surface area contributed by atoms with Crippen LogP contribution in [0.15, 0.2) is 46.7 Å². The van der Waals surface area contributed by atoms with E-state index in [1.54, 1.807) is 12.2 Å². The summed E-state index contributed by atoms with van der Waals surface area (Å²) in [6.45, 7) is 21.2. The smallest absolute Gasteiger partial charge is 0.313 e. The van der Waals surface area contributed by atoms with Crippen LogP contribution >= 0.6 is 15.9 Å². The van der Waals surface area contributed by atoms with Crippen molar-refractivity contribution in [3.05, 3.63) is 46.7 Å². The van der Waals surface area contributed by atoms with Gasteiger partial charge < -0.3 is 28.2 Å². The van der Waals surface area contributed by atoms with E-state index >= 15 is 0 Å². The highest BCUT2D eigenvalue weighted by Gasteiger charge is 2.47. The van der Waals surface area contributed by atoms with Crippen molar-refractivity contribution in [1.82, 2.24) is 0 Å². The van der Waals surface area contributed by atoms with E-state index in [1.165, 1.54) is 7.11 Å². The summed E-state index contributed by atoms with van der Waals surface area (Å²) in [5, 5.41) is 10.7. The molecule has 1 atom stereocenters. The molecule has 0 aromatic carbocycles. The highest BCUT2D eigenvalue weighted by atomic mass is 79.9. The summed E-state index contributed by atoms with van der Waals surface area (Å²) in [4.78, 5) is 14.5. The third kappa shape index (κ3) is 6.68. The van der Waals surface area contributed by atoms with Gasteiger partial charge in [0.15, 0.2) is 29.1 Å². The Bertz CT molecular complexity index is 1070. The number of halogens is 1. The maximum atomic E-state index is 11.9. The van der Waals surface area contributed by atoms with Crippen LogP contribution in [0.2, 0.25) is 36.3 Å². The van der Waals surface area contributed by atoms with Crippen LogP contribution in [-0.2, 0) is 27.9 Å². The van der Waals surface area contributed by atoms with E-state index in [2.05, 4.69) is 94.4 Å². The van der Waals surface area contributed by atoms with E-state index in [4.69, 9.17) is 23.1 Å². The Labute approximate surface area is 225 Å². The molecule has 0 unspecified atom stereocenters. The number of methoxy groups -OCH3 is 1. The Kier molecular flexibility index (Phi) is 9.10. The number of carbonyl (C=O) groups excluding carboxylic acids is 1. The Morgan fingerprint density at radius 3 is 2.00 bits per heavy atom. The van der Waals surface area contributed by atoms with Gasteiger partial charge in [-0.3, -0.25) is 4.79 Å². The number of rotatable bonds is 7. The third-order valence-electron chi connectivity index (χ3n) is 7.05. The maximum absolute atomic E-state index is 11.9. The standard InChI is InChI=1S/C26H39BrO7Si2/c1-25(2,3)35(8,9)33-23-21(18(28)14-15-27)32-19-13-12-17(16-20(29)30-7)31-22(19)24(23)34-36(10,11)26(4,5)6/h12-13,18,28H,16H2,1-11H3/t18-/m0/s1. The van der Waals surface area contributed by atoms with Crippen molar-refractivity contribution >= 4 is 38.5 Å². The quantitative estimate of drug-likeness (QED) is 0.202. The zero-order chi connectivity index (χ0) is 27.7. The molecule has 0 saturated carbocycles. The molecule has 0 aromatic rings. The number of aliphatic hydroxyl groups is 1. The molecule has 0 radical (unpaired) electrons. The molecular formula is C26H39BrO7Si2. The molecule has 7 nitrogen and oxygen atoms in total. The molecule has 2 aliphatic rings. The normalized spacial score (nSPS) is 17.5. The molecule has 200 valence electrons. The van der Waals surface area contributed by atoms with Gasteiger partial charge in [-0.15, -0.1) is 0 Å². The minimum atomic E-state index is -2.44. The van der Waals surface area contributed by atoms with E-state index < -0.39 is 28.7 Å². The molecule has 0 fully saturated rings. The molecule has 10 heteroatoms. The van der Waals surface area contributed by atoms with Gasteiger partial charge in [-0.1, -0.05) is 47.5 Å². The number of esters is 1. The van der Waals surface area contributed by atoms with Gasteiger partial charge in [-0.25, -0.2) is 0 Å². The molecule has 1 N–H and O–H groups in total. The first-order valence-electron chi connectivity index (χ1n) is 11.8. The van der Waals surface area contributed by atoms with Crippen LogP contribution in [0.4, 0.5) is 0 Å². The zero-order valence-electron chi connectivity index (χ0n) is 23.2. The maximum Gasteiger partial charge on any atom is 0.313 e. The second kappa shape index (κ2) is 10.8. The molecule has 0 amide bonds. The first-order chi connectivity index (χ1) is 16.3. The first-order valence-corrected chi connectivity index (χ1v) is 18.5. The Balaban J connectivity index is 2.80. The first kappa shape index (κ1) is 30.3. The summed E-state index contributed by atoms with van der Waals surface area (Å²) in [7, 11) is -3.55. The lowest BCUT2D eigenvalue weighted by Crippen LogP contribution is -2.45. The lowest BCUT2D eigenvalue weighted by atomic mass is 10.1. The summed E-state index contributed by atoms with van der Waals surface area (Å²) in [5.41, 5.74) is 0. The minimum Gasteiger partial charge on any atom is -0.539 e. The fourth-order valence-corrected chi connectivity index (χ4v) is 4.92. The zero-order valence-corrected chi connectivity index (χ0v) is 26.8. The third-order valence-corrected chi connectivity index (χ3v) is 15.9. The van der Waals surface area contributed by atoms with Gasteiger partial charge in [0.25, 0.3) is 16.6 Å². The van der Waals surface area contributed by atoms with Crippen molar-refractivity contribution < 1.29 is 33.0 Å². The number of aliphatic hydroxyl groups excluding tert-OH is 1. The highest BCUT2D eigenvalue weighted by Crippen LogP contribution is 2.47. The Morgan fingerprint density at radius 1 is 1.00 bits per heavy atom. The molecule has 0 aliphatic carbocycles. The predicted molar refractivity (Wildman–Crippen MR) is 148 cm³/mol. The molecule has 0 aromatic heterocycles. The van der Waals surface area contributed by atoms with E-state index in [0.717, 1.165) is 0 Å². The number of allylic oxidation sites excluding steroid dienone is 2. The molecule has 0 spiro atoms. The van der Waals surface area contributed by atoms with Gasteiger partial charge in [0.1, 0.15) is 12.2 Å². The largest absolute Gasteiger partial charge is 0.539 e. The van der Waals surface area contributed by atoms with E-state index in [0.29, 0.717) is 23.0 Å². The summed E-state index contributed by atoms with van der Waals surface area (Å²) in [5.74, 6) is 4.05. The molecule has 0 bridgehead atoms. The van der Waals surface area contributed by atoms with Gasteiger partial charge in [0.05, 0.1) is 7.11 Å². The molecular weight excluding hydrogens is 560 g/mol. The SMILES string of the molecule is COC(=O)CC1=CC=C2OC([C@@H](O)C#CBr)=C(O[Si](C)(C)C(C)(C)C)C(O[Si](C)(C)C(C)(C)C)=C2O1. The van der Waals surface area contributed by atoms with Gasteiger partial charge in [-0.2, -0.15) is 0 Å². The van der Waals surface area contributed by atoms with Gasteiger partial charge in [0.2, 0.25) is 5.76 Å². The van der Waals surface area contributed by atoms with E-state index in [9.17, 15) is 9.90 Å². The lowest BCUT2D eigenvalue weighted by molar-refractivity contribution is -0.140. The van der Waals surface area contributed by atoms with Gasteiger partial charge in [-0.05, 0) is 53.2 Å². The van der Waals surface area contributed by atoms with Crippen molar-refractivity contribution in [2.75, 3.05) is 7.11 Å². The van der Waals surface area contributed by atoms with E-state index in [1.807, 2.05) is 0 Å². The molecule has 0 saturated heterocycles. The molecule has 2 aliphatic heterocycles. The monoisotopic (exact) mass is 598 g/mol. The van der Waals surface area contributed by atoms with Crippen molar-refractivity contribution in [3.63, 3.8) is 0 Å². The summed E-state index contributed by atoms with van der Waals surface area (Å²) < 4.78 is 30.7. The van der Waals surface area contributed by atoms with Crippen molar-refractivity contribution in [2.45, 2.75) is 90.3 Å². The number of hydrogen-bond donors (Lipinski definition) is 1. The summed E-state index contributed by atoms with van der Waals surface area (Å²) in [6, 6.07) is 0. The summed E-state index contributed by atoms with van der Waals surface area (Å²) in [6.07, 6.45) is 2.00. The highest BCUT2D eigenvalue weighted by molar-refractivity contribution is 9.12. The van der Waals surface area contributed by atoms with Crippen LogP contribution in [0.3, 0.4) is 0 Å². The number of carbonyl (C=O) groups is 1. The second-order valence-electron chi connectivity index (χ2n) is 11.8. The average Bonchev–Trinajstić information content (AvgIpc) is 2.73. The number of fused-ring (bicyclic) bond motifs is 1. The fraction of sp³-hybridized carbons (Fsp3) is 0.577. The van der Waals surface area contributed by atoms with Crippen molar-refractivity contribution in [1.29, 1.82) is 0 Å². The molecule has 2 heterocycles. The fourth-order valence-electron chi connectivity index (χ4n) is 2.69. The van der Waals surface area contributed by atoms with Crippen LogP contribution < -0.4 is 0 Å². The van der Waals surface area contributed by atoms with Gasteiger partial charge in [0, 0.05) is 15.9 Å². The van der Waals surface area contributed by atoms with Gasteiger partial charge >= 0.3 is 5.97 Å². The van der Waals surface area contributed by atoms with Crippen LogP contribution in [0.1, 0.15) is 48.0 Å². The topological polar surface area (TPSA) is 83.5 Å². The molecule has 2 rings (SSSR count). The lowest BCUT2D eigenvalue weighted by Gasteiger charge is -2.43. The number of hydrogen-bond acceptors (Lipinski definition) is 7. The predicted octanol–water partition coefficient (Wildman–Crippen LogP) is 6.56. The molecule has 36 heavy (non-hydrogen) atoms. The Morgan fingerprint density at radius 2 is 1.53 bits per heavy atom. The van der Waals surface area contributed by atoms with Crippen LogP contribution in [0.25, 0.3) is 0 Å². The van der Waals surface area contributed by atoms with Crippen LogP contribution in [0, 0.1) is 10.8 Å². The average molecular weight is 600 g/mol. The van der Waals surface area contributed by atoms with Crippen LogP contribution in [0.5, 0.6) is 0 Å². The second-order valence-corrected chi connectivity index (χ2v) is 21.7. The van der Waals surface area contributed by atoms with E-state index in [-0.39, 0.29) is 28.0 Å². The number of ether oxygens (including phenoxy) is 3. The van der Waals surface area contributed by atoms with Crippen molar-refractivity contribution in [3.8, 4) is 10.8 Å². The van der Waals surface area contributed by atoms with Crippen molar-refractivity contribution in [2.24, 2.45) is 0 Å². The minimum absolute atomic E-state index is 0.0518. The summed E-state index contributed by atoms with van der Waals surface area (Å²) >= 11 is 3.07.